The number of hydrogen-bond donors (Lipinski definition) is 1. The molecule has 0 atom stereocenters. The lowest BCUT2D eigenvalue weighted by Crippen LogP contribution is -3.00. The van der Waals surface area contributed by atoms with Crippen LogP contribution in [0, 0.1) is 0 Å². The largest absolute Gasteiger partial charge is 1.00 e. The van der Waals surface area contributed by atoms with E-state index in [1.54, 1.807) is 0 Å². The predicted octanol–water partition coefficient (Wildman–Crippen LogP) is -0.160. The molecule has 1 aromatic rings. The molecule has 1 rings (SSSR count). The molecule has 0 aromatic heterocycles. The Morgan fingerprint density at radius 3 is 1.94 bits per heavy atom. The Labute approximate surface area is 129 Å². The molecule has 0 spiro atoms. The molecule has 0 saturated heterocycles. The highest BCUT2D eigenvalue weighted by Gasteiger charge is 2.06. The highest BCUT2D eigenvalue weighted by atomic mass is 79.9. The van der Waals surface area contributed by atoms with Gasteiger partial charge in [-0.15, -0.1) is 12.4 Å². The molecule has 2 nitrogen and oxygen atoms in total. The van der Waals surface area contributed by atoms with Crippen LogP contribution >= 0.6 is 12.4 Å². The van der Waals surface area contributed by atoms with E-state index >= 15 is 0 Å². The van der Waals surface area contributed by atoms with Crippen LogP contribution in [0.3, 0.4) is 0 Å². The van der Waals surface area contributed by atoms with Gasteiger partial charge in [0.2, 0.25) is 0 Å². The lowest BCUT2D eigenvalue weighted by molar-refractivity contribution is -0.882. The number of likely N-dealkylation sites (N-methyl/N-ethyl adjacent to an activating group) is 1. The molecule has 0 heterocycles. The summed E-state index contributed by atoms with van der Waals surface area (Å²) in [6.45, 7) is 8.74. The van der Waals surface area contributed by atoms with Gasteiger partial charge in [-0.2, -0.15) is 0 Å². The number of rotatable bonds is 4. The van der Waals surface area contributed by atoms with Gasteiger partial charge in [-0.1, -0.05) is 36.9 Å². The molecule has 4 heteroatoms. The second-order valence-electron chi connectivity index (χ2n) is 4.41. The zero-order valence-corrected chi connectivity index (χ0v) is 14.0. The Kier molecular flexibility index (Phi) is 16.6. The maximum atomic E-state index is 5.35. The maximum Gasteiger partial charge on any atom is 0.0966 e. The van der Waals surface area contributed by atoms with Crippen LogP contribution in [0.4, 0.5) is 0 Å². The monoisotopic (exact) mass is 336 g/mol. The van der Waals surface area contributed by atoms with E-state index in [4.69, 9.17) is 5.73 Å². The van der Waals surface area contributed by atoms with Crippen LogP contribution in [-0.2, 0) is 6.54 Å². The fraction of sp³-hybridized carbons (Fsp3) is 0.429. The summed E-state index contributed by atoms with van der Waals surface area (Å²) >= 11 is 0. The van der Waals surface area contributed by atoms with Crippen LogP contribution in [0.2, 0.25) is 0 Å². The molecular weight excluding hydrogens is 312 g/mol. The Bertz CT molecular complexity index is 289. The minimum Gasteiger partial charge on any atom is -1.00 e. The first kappa shape index (κ1) is 22.8. The molecule has 0 unspecified atom stereocenters. The van der Waals surface area contributed by atoms with E-state index in [0.29, 0.717) is 6.54 Å². The first-order valence-electron chi connectivity index (χ1n) is 5.72. The van der Waals surface area contributed by atoms with Gasteiger partial charge in [-0.25, -0.2) is 0 Å². The molecule has 1 aromatic carbocycles. The fourth-order valence-corrected chi connectivity index (χ4v) is 1.09. The normalized spacial score (nSPS) is 9.11. The minimum absolute atomic E-state index is 0. The van der Waals surface area contributed by atoms with Gasteiger partial charge in [0.15, 0.2) is 0 Å². The number of nitrogens with zero attached hydrogens (tertiary/aromatic N) is 1. The Balaban J connectivity index is -0.000000225. The SMILES string of the molecule is C=CC[N+](C)(C)CC.Cl.NCc1ccccc1.[Br-]. The Hall–Kier alpha value is -0.350. The van der Waals surface area contributed by atoms with E-state index in [2.05, 4.69) is 27.6 Å². The standard InChI is InChI=1S/C7H9N.C7H16N.BrH.ClH/c8-6-7-4-2-1-3-5-7;1-5-7-8(3,4)6-2;;/h1-5H,6,8H2;5H,1,6-7H2,2-4H3;2*1H/q;+1;;/p-1. The number of halogens is 2. The van der Waals surface area contributed by atoms with Gasteiger partial charge in [0.25, 0.3) is 0 Å². The minimum atomic E-state index is 0. The van der Waals surface area contributed by atoms with Crippen molar-refractivity contribution in [1.29, 1.82) is 0 Å². The topological polar surface area (TPSA) is 26.0 Å². The average molecular weight is 338 g/mol. The molecule has 0 aliphatic carbocycles. The molecule has 0 saturated carbocycles. The van der Waals surface area contributed by atoms with E-state index < -0.39 is 0 Å². The van der Waals surface area contributed by atoms with Crippen LogP contribution in [0.5, 0.6) is 0 Å². The molecular formula is C14H26BrClN2. The Morgan fingerprint density at radius 2 is 1.72 bits per heavy atom. The highest BCUT2D eigenvalue weighted by molar-refractivity contribution is 5.85. The molecule has 18 heavy (non-hydrogen) atoms. The van der Waals surface area contributed by atoms with E-state index in [0.717, 1.165) is 11.0 Å². The van der Waals surface area contributed by atoms with Gasteiger partial charge >= 0.3 is 0 Å². The van der Waals surface area contributed by atoms with Crippen molar-refractivity contribution < 1.29 is 21.5 Å². The maximum absolute atomic E-state index is 5.35. The lowest BCUT2D eigenvalue weighted by atomic mass is 10.2. The summed E-state index contributed by atoms with van der Waals surface area (Å²) in [5.74, 6) is 0. The number of quaternary nitrogens is 1. The fourth-order valence-electron chi connectivity index (χ4n) is 1.09. The smallest absolute Gasteiger partial charge is 0.0966 e. The Morgan fingerprint density at radius 1 is 1.22 bits per heavy atom. The number of nitrogens with two attached hydrogens (primary N) is 1. The van der Waals surface area contributed by atoms with Crippen molar-refractivity contribution >= 4 is 12.4 Å². The molecule has 106 valence electrons. The third-order valence-electron chi connectivity index (χ3n) is 2.56. The van der Waals surface area contributed by atoms with E-state index in [1.165, 1.54) is 12.1 Å². The van der Waals surface area contributed by atoms with Crippen LogP contribution in [0.25, 0.3) is 0 Å². The van der Waals surface area contributed by atoms with Gasteiger partial charge in [0.1, 0.15) is 0 Å². The summed E-state index contributed by atoms with van der Waals surface area (Å²) in [5, 5.41) is 0. The zero-order chi connectivity index (χ0) is 12.4. The van der Waals surface area contributed by atoms with Crippen molar-refractivity contribution in [1.82, 2.24) is 0 Å². The summed E-state index contributed by atoms with van der Waals surface area (Å²) in [6.07, 6.45) is 1.96. The number of benzene rings is 1. The van der Waals surface area contributed by atoms with Crippen molar-refractivity contribution in [2.75, 3.05) is 27.2 Å². The van der Waals surface area contributed by atoms with Crippen LogP contribution in [0.15, 0.2) is 43.0 Å². The highest BCUT2D eigenvalue weighted by Crippen LogP contribution is 1.94. The summed E-state index contributed by atoms with van der Waals surface area (Å²) < 4.78 is 1.05. The molecule has 0 bridgehead atoms. The summed E-state index contributed by atoms with van der Waals surface area (Å²) in [4.78, 5) is 0. The van der Waals surface area contributed by atoms with Crippen molar-refractivity contribution in [3.05, 3.63) is 48.6 Å². The van der Waals surface area contributed by atoms with Crippen molar-refractivity contribution in [2.24, 2.45) is 5.73 Å². The molecule has 0 amide bonds. The van der Waals surface area contributed by atoms with Crippen LogP contribution in [0.1, 0.15) is 12.5 Å². The average Bonchev–Trinajstić information content (AvgIpc) is 2.31. The molecule has 0 aliphatic rings. The zero-order valence-electron chi connectivity index (χ0n) is 11.6. The summed E-state index contributed by atoms with van der Waals surface area (Å²) in [7, 11) is 4.39. The van der Waals surface area contributed by atoms with E-state index in [-0.39, 0.29) is 29.4 Å². The van der Waals surface area contributed by atoms with Crippen LogP contribution < -0.4 is 22.7 Å². The van der Waals surface area contributed by atoms with Crippen LogP contribution in [-0.4, -0.2) is 31.7 Å². The van der Waals surface area contributed by atoms with Gasteiger partial charge < -0.3 is 27.2 Å². The lowest BCUT2D eigenvalue weighted by Gasteiger charge is -2.26. The van der Waals surface area contributed by atoms with Gasteiger partial charge in [0.05, 0.1) is 27.2 Å². The van der Waals surface area contributed by atoms with Gasteiger partial charge in [-0.3, -0.25) is 0 Å². The third kappa shape index (κ3) is 12.1. The van der Waals surface area contributed by atoms with Gasteiger partial charge in [-0.05, 0) is 18.6 Å². The molecule has 0 aliphatic heterocycles. The van der Waals surface area contributed by atoms with Gasteiger partial charge in [0, 0.05) is 6.54 Å². The first-order chi connectivity index (χ1) is 7.55. The number of hydrogen-bond acceptors (Lipinski definition) is 1. The molecule has 0 fully saturated rings. The molecule has 0 radical (unpaired) electrons. The summed E-state index contributed by atoms with van der Waals surface area (Å²) in [5.41, 5.74) is 6.54. The quantitative estimate of drug-likeness (QED) is 0.600. The first-order valence-corrected chi connectivity index (χ1v) is 5.72. The predicted molar refractivity (Wildman–Crippen MR) is 79.3 cm³/mol. The second-order valence-corrected chi connectivity index (χ2v) is 4.41. The van der Waals surface area contributed by atoms with Crippen molar-refractivity contribution in [3.63, 3.8) is 0 Å². The second kappa shape index (κ2) is 13.1. The van der Waals surface area contributed by atoms with E-state index in [9.17, 15) is 0 Å². The third-order valence-corrected chi connectivity index (χ3v) is 2.56. The van der Waals surface area contributed by atoms with Crippen molar-refractivity contribution in [3.8, 4) is 0 Å². The summed E-state index contributed by atoms with van der Waals surface area (Å²) in [6, 6.07) is 9.99. The molecule has 2 N–H and O–H groups in total. The van der Waals surface area contributed by atoms with Crippen molar-refractivity contribution in [2.45, 2.75) is 13.5 Å². The van der Waals surface area contributed by atoms with E-state index in [1.807, 2.05) is 36.4 Å².